The fourth-order valence-electron chi connectivity index (χ4n) is 9.13. The van der Waals surface area contributed by atoms with Crippen LogP contribution in [0.3, 0.4) is 0 Å². The first-order chi connectivity index (χ1) is 23.9. The van der Waals surface area contributed by atoms with Crippen LogP contribution in [0.2, 0.25) is 0 Å². The minimum atomic E-state index is -0.536. The van der Waals surface area contributed by atoms with Crippen molar-refractivity contribution < 1.29 is 18.7 Å². The fraction of sp³-hybridized carbons (Fsp3) is 0.475. The normalized spacial score (nSPS) is 24.7. The van der Waals surface area contributed by atoms with Gasteiger partial charge in [0.1, 0.15) is 5.82 Å². The number of nitrogens with one attached hydrogen (secondary N) is 2. The number of fused-ring (bicyclic) bond motifs is 2. The van der Waals surface area contributed by atoms with E-state index in [0.717, 1.165) is 67.5 Å². The van der Waals surface area contributed by atoms with Gasteiger partial charge in [0.25, 0.3) is 5.91 Å². The molecule has 4 atom stereocenters. The monoisotopic (exact) mass is 663 g/mol. The standard InChI is InChI=1S/C40H46FN5O3/c1-25-6-4-10-34(41)37(25)40(48)45-35-11-5-7-27(35)23-33(38(45)26-12-14-30(15-13-26)43-29-8-2-3-9-29)39(47)44-31-16-17-36-28(22-31)24-42-46(36)32-18-20-49-21-19-32/h4,6,10,12-17,22,24,27,29,32-33,35,38,43H,2-3,5,7-9,11,18-21,23H2,1H3,(H,44,47)/t27-,33+,35-,38+/m1/s1. The predicted octanol–water partition coefficient (Wildman–Crippen LogP) is 8.20. The second-order valence-electron chi connectivity index (χ2n) is 14.6. The Balaban J connectivity index is 1.13. The van der Waals surface area contributed by atoms with Crippen LogP contribution in [-0.2, 0) is 9.53 Å². The number of carbonyl (C=O) groups excluding carboxylic acids is 2. The maximum absolute atomic E-state index is 15.4. The summed E-state index contributed by atoms with van der Waals surface area (Å²) < 4.78 is 23.1. The van der Waals surface area contributed by atoms with Crippen molar-refractivity contribution in [2.45, 2.75) is 95.3 Å². The van der Waals surface area contributed by atoms with Gasteiger partial charge in [-0.2, -0.15) is 5.10 Å². The van der Waals surface area contributed by atoms with Gasteiger partial charge in [0.15, 0.2) is 0 Å². The lowest BCUT2D eigenvalue weighted by molar-refractivity contribution is -0.125. The number of carbonyl (C=O) groups is 2. The van der Waals surface area contributed by atoms with Crippen molar-refractivity contribution in [2.75, 3.05) is 23.8 Å². The lowest BCUT2D eigenvalue weighted by Crippen LogP contribution is -2.54. The molecule has 3 aromatic carbocycles. The zero-order valence-electron chi connectivity index (χ0n) is 28.2. The van der Waals surface area contributed by atoms with E-state index in [2.05, 4.69) is 39.6 Å². The van der Waals surface area contributed by atoms with Crippen molar-refractivity contribution in [2.24, 2.45) is 11.8 Å². The predicted molar refractivity (Wildman–Crippen MR) is 189 cm³/mol. The Morgan fingerprint density at radius 2 is 1.67 bits per heavy atom. The van der Waals surface area contributed by atoms with Gasteiger partial charge < -0.3 is 20.3 Å². The van der Waals surface area contributed by atoms with Gasteiger partial charge in [-0.3, -0.25) is 14.3 Å². The molecule has 2 N–H and O–H groups in total. The van der Waals surface area contributed by atoms with Crippen LogP contribution in [0.5, 0.6) is 0 Å². The summed E-state index contributed by atoms with van der Waals surface area (Å²) in [5.74, 6) is -1.31. The fourth-order valence-corrected chi connectivity index (χ4v) is 9.13. The van der Waals surface area contributed by atoms with Crippen molar-refractivity contribution >= 4 is 34.1 Å². The molecular formula is C40H46FN5O3. The highest BCUT2D eigenvalue weighted by Gasteiger charge is 2.50. The molecule has 0 bridgehead atoms. The van der Waals surface area contributed by atoms with Crippen LogP contribution in [0.1, 0.15) is 97.8 Å². The van der Waals surface area contributed by atoms with Gasteiger partial charge in [-0.05, 0) is 105 Å². The molecule has 8 rings (SSSR count). The largest absolute Gasteiger partial charge is 0.382 e. The molecule has 2 amide bonds. The molecule has 1 aromatic heterocycles. The van der Waals surface area contributed by atoms with Crippen LogP contribution < -0.4 is 10.6 Å². The third-order valence-electron chi connectivity index (χ3n) is 11.6. The molecule has 2 saturated carbocycles. The first kappa shape index (κ1) is 32.0. The van der Waals surface area contributed by atoms with E-state index >= 15 is 4.39 Å². The highest BCUT2D eigenvalue weighted by Crippen LogP contribution is 2.49. The maximum Gasteiger partial charge on any atom is 0.257 e. The summed E-state index contributed by atoms with van der Waals surface area (Å²) in [4.78, 5) is 31.0. The van der Waals surface area contributed by atoms with E-state index in [0.29, 0.717) is 29.8 Å². The van der Waals surface area contributed by atoms with Gasteiger partial charge in [0, 0.05) is 42.1 Å². The van der Waals surface area contributed by atoms with E-state index < -0.39 is 17.8 Å². The van der Waals surface area contributed by atoms with Crippen molar-refractivity contribution in [3.8, 4) is 0 Å². The number of benzene rings is 3. The zero-order chi connectivity index (χ0) is 33.5. The third kappa shape index (κ3) is 6.22. The molecule has 8 nitrogen and oxygen atoms in total. The van der Waals surface area contributed by atoms with Crippen molar-refractivity contribution in [3.63, 3.8) is 0 Å². The van der Waals surface area contributed by atoms with Gasteiger partial charge in [-0.25, -0.2) is 4.39 Å². The minimum Gasteiger partial charge on any atom is -0.382 e. The number of hydrogen-bond acceptors (Lipinski definition) is 5. The van der Waals surface area contributed by atoms with E-state index in [4.69, 9.17) is 9.84 Å². The first-order valence-electron chi connectivity index (χ1n) is 18.2. The molecule has 49 heavy (non-hydrogen) atoms. The Bertz CT molecular complexity index is 1810. The molecule has 0 spiro atoms. The average Bonchev–Trinajstić information content (AvgIpc) is 3.90. The molecule has 9 heteroatoms. The summed E-state index contributed by atoms with van der Waals surface area (Å²) in [6.07, 6.45) is 12.0. The number of aryl methyl sites for hydroxylation is 1. The average molecular weight is 664 g/mol. The lowest BCUT2D eigenvalue weighted by Gasteiger charge is -2.48. The number of nitrogens with zero attached hydrogens (tertiary/aromatic N) is 3. The SMILES string of the molecule is Cc1cccc(F)c1C(=O)N1[C@@H]2CCC[C@@H]2C[C@H](C(=O)Nc2ccc3c(cnn3C3CCOCC3)c2)[C@@H]1c1ccc(NC2CCCC2)cc1. The second-order valence-corrected chi connectivity index (χ2v) is 14.6. The molecule has 0 radical (unpaired) electrons. The highest BCUT2D eigenvalue weighted by molar-refractivity contribution is 5.99. The van der Waals surface area contributed by atoms with E-state index in [9.17, 15) is 9.59 Å². The topological polar surface area (TPSA) is 88.5 Å². The summed E-state index contributed by atoms with van der Waals surface area (Å²) in [5, 5.41) is 12.6. The summed E-state index contributed by atoms with van der Waals surface area (Å²) in [6, 6.07) is 19.2. The molecule has 256 valence electrons. The number of aromatic nitrogens is 2. The van der Waals surface area contributed by atoms with Crippen molar-refractivity contribution in [3.05, 3.63) is 89.4 Å². The molecule has 4 fully saturated rings. The van der Waals surface area contributed by atoms with Gasteiger partial charge in [-0.1, -0.05) is 43.5 Å². The molecule has 0 unspecified atom stereocenters. The number of piperidine rings is 1. The Labute approximate surface area is 287 Å². The molecule has 2 aliphatic carbocycles. The van der Waals surface area contributed by atoms with Crippen LogP contribution in [-0.4, -0.2) is 51.8 Å². The Morgan fingerprint density at radius 3 is 2.45 bits per heavy atom. The maximum atomic E-state index is 15.4. The number of amides is 2. The zero-order valence-corrected chi connectivity index (χ0v) is 28.2. The number of hydrogen-bond donors (Lipinski definition) is 2. The highest BCUT2D eigenvalue weighted by atomic mass is 19.1. The Kier molecular flexibility index (Phi) is 8.87. The molecule has 2 saturated heterocycles. The third-order valence-corrected chi connectivity index (χ3v) is 11.6. The molecule has 4 aliphatic rings. The number of anilines is 2. The van der Waals surface area contributed by atoms with E-state index in [1.165, 1.54) is 31.7 Å². The quantitative estimate of drug-likeness (QED) is 0.208. The first-order valence-corrected chi connectivity index (χ1v) is 18.2. The lowest BCUT2D eigenvalue weighted by atomic mass is 9.76. The molecule has 2 aliphatic heterocycles. The van der Waals surface area contributed by atoms with Crippen molar-refractivity contribution in [1.29, 1.82) is 0 Å². The number of likely N-dealkylation sites (tertiary alicyclic amines) is 1. The van der Waals surface area contributed by atoms with Crippen LogP contribution in [0, 0.1) is 24.6 Å². The van der Waals surface area contributed by atoms with E-state index in [1.54, 1.807) is 19.1 Å². The Hall–Kier alpha value is -4.24. The minimum absolute atomic E-state index is 0.0516. The van der Waals surface area contributed by atoms with Gasteiger partial charge in [0.05, 0.1) is 35.3 Å². The molecular weight excluding hydrogens is 617 g/mol. The van der Waals surface area contributed by atoms with Crippen LogP contribution in [0.15, 0.2) is 66.9 Å². The summed E-state index contributed by atoms with van der Waals surface area (Å²) >= 11 is 0. The van der Waals surface area contributed by atoms with Crippen LogP contribution in [0.25, 0.3) is 10.9 Å². The number of halogens is 1. The van der Waals surface area contributed by atoms with E-state index in [1.807, 2.05) is 29.3 Å². The van der Waals surface area contributed by atoms with Crippen molar-refractivity contribution in [1.82, 2.24) is 14.7 Å². The summed E-state index contributed by atoms with van der Waals surface area (Å²) in [7, 11) is 0. The van der Waals surface area contributed by atoms with Crippen LogP contribution >= 0.6 is 0 Å². The number of rotatable bonds is 7. The summed E-state index contributed by atoms with van der Waals surface area (Å²) in [6.45, 7) is 3.26. The van der Waals surface area contributed by atoms with Gasteiger partial charge >= 0.3 is 0 Å². The number of ether oxygens (including phenoxy) is 1. The smallest absolute Gasteiger partial charge is 0.257 e. The van der Waals surface area contributed by atoms with Gasteiger partial charge in [-0.15, -0.1) is 0 Å². The summed E-state index contributed by atoms with van der Waals surface area (Å²) in [5.41, 5.74) is 4.40. The second kappa shape index (κ2) is 13.6. The van der Waals surface area contributed by atoms with Crippen LogP contribution in [0.4, 0.5) is 15.8 Å². The molecule has 4 aromatic rings. The Morgan fingerprint density at radius 1 is 0.898 bits per heavy atom. The molecule has 3 heterocycles. The van der Waals surface area contributed by atoms with E-state index in [-0.39, 0.29) is 29.3 Å². The van der Waals surface area contributed by atoms with Gasteiger partial charge in [0.2, 0.25) is 5.91 Å².